The van der Waals surface area contributed by atoms with Gasteiger partial charge in [-0.3, -0.25) is 14.5 Å². The highest BCUT2D eigenvalue weighted by atomic mass is 35.5. The molecule has 1 aliphatic heterocycles. The van der Waals surface area contributed by atoms with E-state index in [-0.39, 0.29) is 27.7 Å². The van der Waals surface area contributed by atoms with Crippen LogP contribution in [0.3, 0.4) is 0 Å². The van der Waals surface area contributed by atoms with Gasteiger partial charge in [0, 0.05) is 11.3 Å². The van der Waals surface area contributed by atoms with E-state index in [9.17, 15) is 19.8 Å². The monoisotopic (exact) mass is 467 g/mol. The molecule has 3 aromatic rings. The van der Waals surface area contributed by atoms with Crippen LogP contribution in [0, 0.1) is 13.8 Å². The van der Waals surface area contributed by atoms with E-state index < -0.39 is 17.7 Å². The number of aliphatic hydroxyl groups is 1. The van der Waals surface area contributed by atoms with Crippen LogP contribution in [0.1, 0.15) is 28.3 Å². The number of anilines is 1. The van der Waals surface area contributed by atoms with Gasteiger partial charge < -0.3 is 10.2 Å². The van der Waals surface area contributed by atoms with E-state index >= 15 is 0 Å². The third-order valence-electron chi connectivity index (χ3n) is 5.68. The Morgan fingerprint density at radius 3 is 2.28 bits per heavy atom. The molecule has 1 heterocycles. The number of halogens is 2. The first-order valence-electron chi connectivity index (χ1n) is 9.82. The summed E-state index contributed by atoms with van der Waals surface area (Å²) in [7, 11) is 0. The molecule has 7 heteroatoms. The van der Waals surface area contributed by atoms with Crippen LogP contribution in [-0.2, 0) is 9.59 Å². The first kappa shape index (κ1) is 21.9. The van der Waals surface area contributed by atoms with Gasteiger partial charge in [-0.2, -0.15) is 0 Å². The van der Waals surface area contributed by atoms with Gasteiger partial charge in [0.2, 0.25) is 0 Å². The number of aryl methyl sites for hydroxylation is 1. The number of carbonyl (C=O) groups is 2. The molecule has 1 amide bonds. The zero-order chi connectivity index (χ0) is 23.2. The van der Waals surface area contributed by atoms with Crippen molar-refractivity contribution in [2.24, 2.45) is 0 Å². The van der Waals surface area contributed by atoms with Crippen molar-refractivity contribution in [3.05, 3.63) is 98.5 Å². The van der Waals surface area contributed by atoms with Crippen molar-refractivity contribution in [3.8, 4) is 5.75 Å². The highest BCUT2D eigenvalue weighted by molar-refractivity contribution is 6.52. The predicted octanol–water partition coefficient (Wildman–Crippen LogP) is 5.94. The zero-order valence-corrected chi connectivity index (χ0v) is 18.8. The molecule has 0 saturated carbocycles. The van der Waals surface area contributed by atoms with Crippen LogP contribution < -0.4 is 4.90 Å². The Morgan fingerprint density at radius 1 is 0.938 bits per heavy atom. The molecule has 1 saturated heterocycles. The Hall–Kier alpha value is -3.28. The molecule has 4 rings (SSSR count). The number of phenolic OH excluding ortho intramolecular Hbond substituents is 1. The molecular weight excluding hydrogens is 449 g/mol. The van der Waals surface area contributed by atoms with Crippen molar-refractivity contribution in [3.63, 3.8) is 0 Å². The largest absolute Gasteiger partial charge is 0.508 e. The fourth-order valence-corrected chi connectivity index (χ4v) is 4.15. The van der Waals surface area contributed by atoms with Gasteiger partial charge in [-0.25, -0.2) is 0 Å². The van der Waals surface area contributed by atoms with E-state index in [1.807, 2.05) is 26.0 Å². The Kier molecular flexibility index (Phi) is 5.71. The van der Waals surface area contributed by atoms with Gasteiger partial charge in [0.05, 0.1) is 21.7 Å². The Bertz CT molecular complexity index is 1280. The summed E-state index contributed by atoms with van der Waals surface area (Å²) < 4.78 is 0. The quantitative estimate of drug-likeness (QED) is 0.283. The molecular formula is C25H19Cl2NO4. The van der Waals surface area contributed by atoms with Gasteiger partial charge in [0.15, 0.2) is 0 Å². The van der Waals surface area contributed by atoms with Crippen molar-refractivity contribution in [2.75, 3.05) is 4.90 Å². The maximum atomic E-state index is 13.2. The molecule has 1 unspecified atom stereocenters. The molecule has 2 N–H and O–H groups in total. The van der Waals surface area contributed by atoms with Crippen LogP contribution >= 0.6 is 23.2 Å². The van der Waals surface area contributed by atoms with Crippen LogP contribution in [0.2, 0.25) is 10.0 Å². The van der Waals surface area contributed by atoms with Gasteiger partial charge in [-0.15, -0.1) is 0 Å². The third-order valence-corrected chi connectivity index (χ3v) is 6.42. The minimum Gasteiger partial charge on any atom is -0.508 e. The molecule has 0 aromatic heterocycles. The number of carbonyl (C=O) groups excluding carboxylic acids is 2. The number of ketones is 1. The number of nitrogens with zero attached hydrogens (tertiary/aromatic N) is 1. The lowest BCUT2D eigenvalue weighted by atomic mass is 9.94. The molecule has 1 aliphatic rings. The van der Waals surface area contributed by atoms with E-state index in [2.05, 4.69) is 0 Å². The Morgan fingerprint density at radius 2 is 1.62 bits per heavy atom. The Balaban J connectivity index is 1.99. The van der Waals surface area contributed by atoms with Gasteiger partial charge >= 0.3 is 0 Å². The highest BCUT2D eigenvalue weighted by Crippen LogP contribution is 2.44. The molecule has 0 spiro atoms. The van der Waals surface area contributed by atoms with Crippen molar-refractivity contribution < 1.29 is 19.8 Å². The van der Waals surface area contributed by atoms with Crippen LogP contribution in [0.5, 0.6) is 5.75 Å². The number of hydrogen-bond acceptors (Lipinski definition) is 4. The van der Waals surface area contributed by atoms with E-state index in [0.717, 1.165) is 11.1 Å². The van der Waals surface area contributed by atoms with Gasteiger partial charge in [0.25, 0.3) is 11.7 Å². The SMILES string of the molecule is Cc1cccc(N2C(=O)C(=O)/C(=C(/O)c3ccc(Cl)c(Cl)c3)C2c2ccc(O)cc2)c1C. The van der Waals surface area contributed by atoms with Crippen molar-refractivity contribution in [1.29, 1.82) is 0 Å². The van der Waals surface area contributed by atoms with E-state index in [1.165, 1.54) is 35.2 Å². The second-order valence-corrected chi connectivity index (χ2v) is 8.42. The predicted molar refractivity (Wildman–Crippen MR) is 125 cm³/mol. The molecule has 0 radical (unpaired) electrons. The summed E-state index contributed by atoms with van der Waals surface area (Å²) in [5, 5.41) is 21.4. The minimum absolute atomic E-state index is 0.0434. The molecule has 0 bridgehead atoms. The standard InChI is InChI=1S/C25H19Cl2NO4/c1-13-4-3-5-20(14(13)2)28-22(15-6-9-17(29)10-7-15)21(24(31)25(28)32)23(30)16-8-11-18(26)19(27)12-16/h3-12,22,29-30H,1-2H3/b23-21+. The van der Waals surface area contributed by atoms with E-state index in [1.54, 1.807) is 18.2 Å². The molecule has 3 aromatic carbocycles. The summed E-state index contributed by atoms with van der Waals surface area (Å²) in [5.74, 6) is -1.87. The molecule has 0 aliphatic carbocycles. The molecule has 32 heavy (non-hydrogen) atoms. The third kappa shape index (κ3) is 3.64. The summed E-state index contributed by atoms with van der Waals surface area (Å²) in [4.78, 5) is 27.8. The smallest absolute Gasteiger partial charge is 0.300 e. The number of hydrogen-bond donors (Lipinski definition) is 2. The lowest BCUT2D eigenvalue weighted by molar-refractivity contribution is -0.132. The zero-order valence-electron chi connectivity index (χ0n) is 17.3. The van der Waals surface area contributed by atoms with Crippen LogP contribution in [0.25, 0.3) is 5.76 Å². The van der Waals surface area contributed by atoms with E-state index in [4.69, 9.17) is 23.2 Å². The topological polar surface area (TPSA) is 77.8 Å². The average molecular weight is 468 g/mol. The summed E-state index contributed by atoms with van der Waals surface area (Å²) in [5.41, 5.74) is 3.12. The number of benzene rings is 3. The molecule has 1 atom stereocenters. The normalized spacial score (nSPS) is 17.8. The lowest BCUT2D eigenvalue weighted by Crippen LogP contribution is -2.30. The van der Waals surface area contributed by atoms with Gasteiger partial charge in [-0.1, -0.05) is 47.5 Å². The first-order valence-corrected chi connectivity index (χ1v) is 10.6. The van der Waals surface area contributed by atoms with Crippen molar-refractivity contribution in [1.82, 2.24) is 0 Å². The average Bonchev–Trinajstić information content (AvgIpc) is 3.03. The molecule has 162 valence electrons. The number of aliphatic hydroxyl groups excluding tert-OH is 1. The molecule has 5 nitrogen and oxygen atoms in total. The molecule has 1 fully saturated rings. The van der Waals surface area contributed by atoms with Gasteiger partial charge in [-0.05, 0) is 66.9 Å². The van der Waals surface area contributed by atoms with Gasteiger partial charge in [0.1, 0.15) is 11.5 Å². The number of phenols is 1. The lowest BCUT2D eigenvalue weighted by Gasteiger charge is -2.27. The highest BCUT2D eigenvalue weighted by Gasteiger charge is 2.47. The fourth-order valence-electron chi connectivity index (χ4n) is 3.85. The van der Waals surface area contributed by atoms with Crippen LogP contribution in [-0.4, -0.2) is 21.9 Å². The second-order valence-electron chi connectivity index (χ2n) is 7.61. The van der Waals surface area contributed by atoms with Crippen molar-refractivity contribution in [2.45, 2.75) is 19.9 Å². The number of amides is 1. The Labute approximate surface area is 195 Å². The maximum Gasteiger partial charge on any atom is 0.300 e. The number of Topliss-reactive ketones (excluding diaryl/α,β-unsaturated/α-hetero) is 1. The summed E-state index contributed by atoms with van der Waals surface area (Å²) in [6.07, 6.45) is 0. The van der Waals surface area contributed by atoms with Crippen molar-refractivity contribution >= 4 is 46.3 Å². The fraction of sp³-hybridized carbons (Fsp3) is 0.120. The second kappa shape index (κ2) is 8.34. The summed E-state index contributed by atoms with van der Waals surface area (Å²) >= 11 is 12.1. The van der Waals surface area contributed by atoms with Crippen LogP contribution in [0.15, 0.2) is 66.2 Å². The number of rotatable bonds is 3. The summed E-state index contributed by atoms with van der Waals surface area (Å²) in [6, 6.07) is 15.2. The maximum absolute atomic E-state index is 13.2. The number of aromatic hydroxyl groups is 1. The minimum atomic E-state index is -0.898. The van der Waals surface area contributed by atoms with Crippen LogP contribution in [0.4, 0.5) is 5.69 Å². The summed E-state index contributed by atoms with van der Waals surface area (Å²) in [6.45, 7) is 3.79. The van der Waals surface area contributed by atoms with E-state index in [0.29, 0.717) is 16.3 Å². The first-order chi connectivity index (χ1) is 15.2.